The summed E-state index contributed by atoms with van der Waals surface area (Å²) >= 11 is 2.84. The van der Waals surface area contributed by atoms with Crippen LogP contribution >= 0.6 is 23.1 Å². The minimum Gasteiger partial charge on any atom is -0.466 e. The fourth-order valence-electron chi connectivity index (χ4n) is 2.37. The second kappa shape index (κ2) is 8.27. The molecule has 0 atom stereocenters. The number of fused-ring (bicyclic) bond motifs is 1. The Kier molecular flexibility index (Phi) is 5.83. The molecule has 0 N–H and O–H groups in total. The van der Waals surface area contributed by atoms with Gasteiger partial charge < -0.3 is 4.74 Å². The van der Waals surface area contributed by atoms with Crippen molar-refractivity contribution in [3.05, 3.63) is 59.1 Å². The number of nitrogens with zero attached hydrogens (tertiary/aromatic N) is 1. The largest absolute Gasteiger partial charge is 0.466 e. The number of ether oxygens (including phenoxy) is 1. The van der Waals surface area contributed by atoms with Gasteiger partial charge in [-0.3, -0.25) is 9.59 Å². The molecule has 0 spiro atoms. The molecule has 0 saturated carbocycles. The molecule has 0 aliphatic carbocycles. The van der Waals surface area contributed by atoms with Gasteiger partial charge in [-0.15, -0.1) is 11.3 Å². The summed E-state index contributed by atoms with van der Waals surface area (Å²) in [4.78, 5) is 28.3. The molecular weight excluding hydrogens is 354 g/mol. The second-order valence-corrected chi connectivity index (χ2v) is 7.44. The first-order valence-electron chi connectivity index (χ1n) is 7.90. The minimum atomic E-state index is -0.281. The molecule has 0 aliphatic heterocycles. The van der Waals surface area contributed by atoms with E-state index >= 15 is 0 Å². The van der Waals surface area contributed by atoms with Gasteiger partial charge in [-0.1, -0.05) is 48.2 Å². The average Bonchev–Trinajstić information content (AvgIpc) is 3.06. The molecule has 1 heterocycles. The molecule has 0 fully saturated rings. The second-order valence-electron chi connectivity index (χ2n) is 5.36. The summed E-state index contributed by atoms with van der Waals surface area (Å²) in [6, 6.07) is 13.7. The Labute approximate surface area is 154 Å². The number of carbonyl (C=O) groups is 2. The maximum atomic E-state index is 12.4. The normalized spacial score (nSPS) is 10.8. The quantitative estimate of drug-likeness (QED) is 0.350. The van der Waals surface area contributed by atoms with E-state index in [1.165, 1.54) is 23.1 Å². The number of aromatic nitrogens is 1. The van der Waals surface area contributed by atoms with Gasteiger partial charge in [-0.05, 0) is 23.8 Å². The van der Waals surface area contributed by atoms with Crippen LogP contribution in [0.3, 0.4) is 0 Å². The van der Waals surface area contributed by atoms with E-state index < -0.39 is 0 Å². The van der Waals surface area contributed by atoms with Gasteiger partial charge in [0.15, 0.2) is 10.1 Å². The predicted molar refractivity (Wildman–Crippen MR) is 101 cm³/mol. The van der Waals surface area contributed by atoms with Crippen LogP contribution in [0.1, 0.15) is 23.0 Å². The third-order valence-electron chi connectivity index (χ3n) is 3.56. The zero-order valence-corrected chi connectivity index (χ0v) is 15.4. The van der Waals surface area contributed by atoms with Crippen LogP contribution < -0.4 is 0 Å². The van der Waals surface area contributed by atoms with Gasteiger partial charge in [-0.25, -0.2) is 4.98 Å². The van der Waals surface area contributed by atoms with Gasteiger partial charge >= 0.3 is 5.97 Å². The zero-order chi connectivity index (χ0) is 17.6. The molecule has 0 bridgehead atoms. The van der Waals surface area contributed by atoms with Crippen LogP contribution in [0.4, 0.5) is 0 Å². The molecule has 1 aromatic heterocycles. The van der Waals surface area contributed by atoms with Gasteiger partial charge in [0.2, 0.25) is 0 Å². The molecule has 6 heteroatoms. The summed E-state index contributed by atoms with van der Waals surface area (Å²) in [5.41, 5.74) is 1.39. The molecule has 3 rings (SSSR count). The zero-order valence-electron chi connectivity index (χ0n) is 13.7. The van der Waals surface area contributed by atoms with Crippen molar-refractivity contribution in [3.8, 4) is 0 Å². The summed E-state index contributed by atoms with van der Waals surface area (Å²) in [5.74, 6) is 0.111. The fourth-order valence-corrected chi connectivity index (χ4v) is 4.11. The Bertz CT molecular complexity index is 904. The summed E-state index contributed by atoms with van der Waals surface area (Å²) in [7, 11) is 0. The monoisotopic (exact) mass is 371 g/mol. The van der Waals surface area contributed by atoms with E-state index in [0.29, 0.717) is 23.6 Å². The summed E-state index contributed by atoms with van der Waals surface area (Å²) in [5, 5.41) is 4.01. The first kappa shape index (κ1) is 17.6. The van der Waals surface area contributed by atoms with Crippen LogP contribution in [0.2, 0.25) is 0 Å². The molecule has 4 nitrogen and oxygen atoms in total. The van der Waals surface area contributed by atoms with E-state index in [0.717, 1.165) is 15.1 Å². The molecule has 2 aromatic carbocycles. The van der Waals surface area contributed by atoms with Crippen LogP contribution in [-0.2, 0) is 16.0 Å². The van der Waals surface area contributed by atoms with E-state index in [9.17, 15) is 9.59 Å². The maximum Gasteiger partial charge on any atom is 0.311 e. The molecule has 0 radical (unpaired) electrons. The lowest BCUT2D eigenvalue weighted by molar-refractivity contribution is -0.142. The molecular formula is C19H17NO3S2. The van der Waals surface area contributed by atoms with Crippen LogP contribution in [0.15, 0.2) is 52.2 Å². The van der Waals surface area contributed by atoms with E-state index in [1.54, 1.807) is 6.92 Å². The minimum absolute atomic E-state index is 0.0675. The molecule has 0 unspecified atom stereocenters. The number of thiazole rings is 1. The van der Waals surface area contributed by atoms with Crippen molar-refractivity contribution in [2.45, 2.75) is 17.7 Å². The number of hydrogen-bond acceptors (Lipinski definition) is 6. The highest BCUT2D eigenvalue weighted by atomic mass is 32.2. The number of ketones is 1. The van der Waals surface area contributed by atoms with Crippen LogP contribution in [-0.4, -0.2) is 29.1 Å². The number of esters is 1. The van der Waals surface area contributed by atoms with E-state index in [4.69, 9.17) is 4.74 Å². The Morgan fingerprint density at radius 1 is 1.16 bits per heavy atom. The van der Waals surface area contributed by atoms with Crippen LogP contribution in [0.5, 0.6) is 0 Å². The predicted octanol–water partition coefficient (Wildman–Crippen LogP) is 4.38. The van der Waals surface area contributed by atoms with Crippen molar-refractivity contribution in [1.82, 2.24) is 4.98 Å². The summed E-state index contributed by atoms with van der Waals surface area (Å²) in [6.45, 7) is 2.14. The lowest BCUT2D eigenvalue weighted by Gasteiger charge is -2.02. The lowest BCUT2D eigenvalue weighted by Crippen LogP contribution is -2.07. The third-order valence-corrected chi connectivity index (χ3v) is 5.63. The maximum absolute atomic E-state index is 12.4. The van der Waals surface area contributed by atoms with Crippen molar-refractivity contribution in [2.75, 3.05) is 12.4 Å². The molecule has 3 aromatic rings. The van der Waals surface area contributed by atoms with Crippen molar-refractivity contribution in [3.63, 3.8) is 0 Å². The highest BCUT2D eigenvalue weighted by Crippen LogP contribution is 2.24. The van der Waals surface area contributed by atoms with E-state index in [2.05, 4.69) is 4.98 Å². The SMILES string of the molecule is CCOC(=O)Cc1csc(SCC(=O)c2ccc3ccccc3c2)n1. The topological polar surface area (TPSA) is 56.3 Å². The van der Waals surface area contributed by atoms with Crippen molar-refractivity contribution < 1.29 is 14.3 Å². The molecule has 0 saturated heterocycles. The van der Waals surface area contributed by atoms with Crippen LogP contribution in [0.25, 0.3) is 10.8 Å². The van der Waals surface area contributed by atoms with Crippen molar-refractivity contribution in [2.24, 2.45) is 0 Å². The molecule has 0 amide bonds. The van der Waals surface area contributed by atoms with E-state index in [-0.39, 0.29) is 18.2 Å². The first-order chi connectivity index (χ1) is 12.2. The van der Waals surface area contributed by atoms with Gasteiger partial charge in [-0.2, -0.15) is 0 Å². The molecule has 128 valence electrons. The Balaban J connectivity index is 1.60. The Hall–Kier alpha value is -2.18. The van der Waals surface area contributed by atoms with Crippen LogP contribution in [0, 0.1) is 0 Å². The highest BCUT2D eigenvalue weighted by molar-refractivity contribution is 8.01. The molecule has 0 aliphatic rings. The molecule has 25 heavy (non-hydrogen) atoms. The Morgan fingerprint density at radius 3 is 2.76 bits per heavy atom. The van der Waals surface area contributed by atoms with Gasteiger partial charge in [0, 0.05) is 10.9 Å². The number of thioether (sulfide) groups is 1. The van der Waals surface area contributed by atoms with Gasteiger partial charge in [0.05, 0.1) is 24.5 Å². The van der Waals surface area contributed by atoms with Crippen molar-refractivity contribution in [1.29, 1.82) is 0 Å². The lowest BCUT2D eigenvalue weighted by atomic mass is 10.1. The standard InChI is InChI=1S/C19H17NO3S2/c1-2-23-18(22)10-16-11-24-19(20-16)25-12-17(21)15-8-7-13-5-3-4-6-14(13)9-15/h3-9,11H,2,10,12H2,1H3. The number of carbonyl (C=O) groups excluding carboxylic acids is 2. The highest BCUT2D eigenvalue weighted by Gasteiger charge is 2.12. The number of rotatable bonds is 7. The smallest absolute Gasteiger partial charge is 0.311 e. The Morgan fingerprint density at radius 2 is 1.96 bits per heavy atom. The third kappa shape index (κ3) is 4.67. The first-order valence-corrected chi connectivity index (χ1v) is 9.77. The summed E-state index contributed by atoms with van der Waals surface area (Å²) in [6.07, 6.45) is 0.170. The number of hydrogen-bond donors (Lipinski definition) is 0. The number of Topliss-reactive ketones (excluding diaryl/α,β-unsaturated/α-hetero) is 1. The van der Waals surface area contributed by atoms with Gasteiger partial charge in [0.1, 0.15) is 0 Å². The summed E-state index contributed by atoms with van der Waals surface area (Å²) < 4.78 is 5.70. The number of benzene rings is 2. The van der Waals surface area contributed by atoms with Crippen molar-refractivity contribution >= 4 is 45.6 Å². The fraction of sp³-hybridized carbons (Fsp3) is 0.211. The van der Waals surface area contributed by atoms with E-state index in [1.807, 2.05) is 47.8 Å². The van der Waals surface area contributed by atoms with Gasteiger partial charge in [0.25, 0.3) is 0 Å². The average molecular weight is 371 g/mol.